The number of carbonyl (C=O) groups excluding carboxylic acids is 2. The molecule has 0 heterocycles. The van der Waals surface area contributed by atoms with Gasteiger partial charge < -0.3 is 36.2 Å². The van der Waals surface area contributed by atoms with Crippen molar-refractivity contribution in [2.45, 2.75) is 450 Å². The second-order valence-electron chi connectivity index (χ2n) is 26.5. The normalized spacial score (nSPS) is 14.3. The smallest absolute Gasteiger partial charge is 0.249 e. The van der Waals surface area contributed by atoms with Gasteiger partial charge in [-0.05, 0) is 83.5 Å². The van der Waals surface area contributed by atoms with Crippen molar-refractivity contribution in [1.29, 1.82) is 0 Å². The lowest BCUT2D eigenvalue weighted by atomic mass is 9.98. The molecule has 0 aromatic heterocycles. The Morgan fingerprint density at radius 2 is 0.540 bits per heavy atom. The highest BCUT2D eigenvalue weighted by Crippen LogP contribution is 2.19. The molecule has 0 saturated carbocycles. The topological polar surface area (TPSA) is 159 Å². The van der Waals surface area contributed by atoms with Crippen molar-refractivity contribution in [3.63, 3.8) is 0 Å². The van der Waals surface area contributed by atoms with Gasteiger partial charge in [0.15, 0.2) is 0 Å². The minimum atomic E-state index is -1.05. The molecule has 0 radical (unpaired) electrons. The van der Waals surface area contributed by atoms with E-state index in [0.717, 1.165) is 70.6 Å². The van der Waals surface area contributed by atoms with E-state index in [1.54, 1.807) is 6.08 Å². The number of hydrogen-bond donors (Lipinski definition) is 7. The van der Waals surface area contributed by atoms with Crippen molar-refractivity contribution in [3.05, 3.63) is 36.5 Å². The van der Waals surface area contributed by atoms with Crippen LogP contribution < -0.4 is 10.6 Å². The fourth-order valence-electron chi connectivity index (χ4n) is 11.8. The minimum Gasteiger partial charge on any atom is -0.390 e. The van der Waals surface area contributed by atoms with Crippen molar-refractivity contribution in [2.75, 3.05) is 0 Å². The Balaban J connectivity index is 0. The molecule has 0 aliphatic carbocycles. The quantitative estimate of drug-likeness (QED) is 0.0236. The maximum absolute atomic E-state index is 12.6. The number of amides is 2. The summed E-state index contributed by atoms with van der Waals surface area (Å²) >= 11 is 0. The number of aliphatic hydroxyl groups is 5. The van der Waals surface area contributed by atoms with Gasteiger partial charge in [0.25, 0.3) is 0 Å². The number of rotatable bonds is 67. The Bertz CT molecular complexity index is 1470. The van der Waals surface area contributed by atoms with Crippen LogP contribution in [-0.4, -0.2) is 80.0 Å². The fraction of sp³-hybridized carbons (Fsp3) is 0.897. The van der Waals surface area contributed by atoms with Crippen molar-refractivity contribution >= 4 is 11.8 Å². The van der Waals surface area contributed by atoms with E-state index in [4.69, 9.17) is 0 Å². The van der Waals surface area contributed by atoms with Crippen LogP contribution in [0.4, 0.5) is 0 Å². The monoisotopic (exact) mass is 1230 g/mol. The molecule has 0 spiro atoms. The largest absolute Gasteiger partial charge is 0.390 e. The summed E-state index contributed by atoms with van der Waals surface area (Å²) in [7, 11) is 0. The molecule has 9 heteroatoms. The van der Waals surface area contributed by atoms with Crippen LogP contribution in [0.2, 0.25) is 0 Å². The van der Waals surface area contributed by atoms with E-state index < -0.39 is 42.5 Å². The SMILES string of the molecule is CCCCCCCCC/C=C/CC/C=C/[C@@H](O)[C@H](CC)NC(=O)C(O)CCCCCCCCCCCCCCCC.CCCCCCCCC/C=C/CCC[C@@H](O)[C@@H](O)[C@H](CC)NC(=O)C(O)CCCCCCCCCCCCCCCCCCCC. The fourth-order valence-corrected chi connectivity index (χ4v) is 11.8. The van der Waals surface area contributed by atoms with Crippen LogP contribution in [0, 0.1) is 0 Å². The molecule has 0 saturated heterocycles. The zero-order chi connectivity index (χ0) is 64.2. The van der Waals surface area contributed by atoms with Gasteiger partial charge in [-0.3, -0.25) is 9.59 Å². The van der Waals surface area contributed by atoms with E-state index >= 15 is 0 Å². The second kappa shape index (κ2) is 71.4. The van der Waals surface area contributed by atoms with Crippen molar-refractivity contribution in [1.82, 2.24) is 10.6 Å². The molecule has 2 unspecified atom stereocenters. The molecule has 0 aromatic carbocycles. The van der Waals surface area contributed by atoms with Crippen LogP contribution >= 0.6 is 0 Å². The molecular formula is C78H152N2O7. The predicted molar refractivity (Wildman–Crippen MR) is 379 cm³/mol. The van der Waals surface area contributed by atoms with Crippen LogP contribution in [-0.2, 0) is 9.59 Å². The van der Waals surface area contributed by atoms with Crippen LogP contribution in [0.1, 0.15) is 408 Å². The van der Waals surface area contributed by atoms with Gasteiger partial charge in [0.05, 0.1) is 30.4 Å². The van der Waals surface area contributed by atoms with E-state index in [0.29, 0.717) is 32.1 Å². The number of hydrogen-bond acceptors (Lipinski definition) is 7. The van der Waals surface area contributed by atoms with Gasteiger partial charge in [0.2, 0.25) is 11.8 Å². The highest BCUT2D eigenvalue weighted by atomic mass is 16.3. The minimum absolute atomic E-state index is 0.354. The van der Waals surface area contributed by atoms with E-state index in [9.17, 15) is 35.1 Å². The molecule has 0 rings (SSSR count). The summed E-state index contributed by atoms with van der Waals surface area (Å²) in [5.41, 5.74) is 0. The summed E-state index contributed by atoms with van der Waals surface area (Å²) in [5.74, 6) is -0.786. The molecule has 0 aliphatic heterocycles. The molecule has 87 heavy (non-hydrogen) atoms. The molecular weight excluding hydrogens is 1080 g/mol. The van der Waals surface area contributed by atoms with Crippen LogP contribution in [0.5, 0.6) is 0 Å². The van der Waals surface area contributed by atoms with Crippen molar-refractivity contribution < 1.29 is 35.1 Å². The Kier molecular flexibility index (Phi) is 71.4. The Labute approximate surface area is 541 Å². The lowest BCUT2D eigenvalue weighted by Gasteiger charge is -2.27. The Morgan fingerprint density at radius 3 is 0.851 bits per heavy atom. The molecule has 0 fully saturated rings. The molecule has 0 aromatic rings. The molecule has 7 N–H and O–H groups in total. The molecule has 7 atom stereocenters. The molecule has 0 bridgehead atoms. The zero-order valence-electron chi connectivity index (χ0n) is 58.9. The summed E-state index contributed by atoms with van der Waals surface area (Å²) in [6, 6.07) is -0.914. The molecule has 516 valence electrons. The lowest BCUT2D eigenvalue weighted by Crippen LogP contribution is -2.50. The third kappa shape index (κ3) is 62.5. The van der Waals surface area contributed by atoms with Gasteiger partial charge in [0, 0.05) is 0 Å². The summed E-state index contributed by atoms with van der Waals surface area (Å²) in [5, 5.41) is 58.0. The van der Waals surface area contributed by atoms with Crippen LogP contribution in [0.3, 0.4) is 0 Å². The van der Waals surface area contributed by atoms with Gasteiger partial charge in [-0.15, -0.1) is 0 Å². The second-order valence-corrected chi connectivity index (χ2v) is 26.5. The number of aliphatic hydroxyl groups excluding tert-OH is 5. The molecule has 9 nitrogen and oxygen atoms in total. The van der Waals surface area contributed by atoms with E-state index in [-0.39, 0.29) is 11.9 Å². The van der Waals surface area contributed by atoms with E-state index in [1.807, 2.05) is 19.9 Å². The summed E-state index contributed by atoms with van der Waals surface area (Å²) in [4.78, 5) is 25.0. The van der Waals surface area contributed by atoms with Gasteiger partial charge in [0.1, 0.15) is 12.2 Å². The number of unbranched alkanes of at least 4 members (excludes halogenated alkanes) is 46. The van der Waals surface area contributed by atoms with E-state index in [1.165, 1.54) is 263 Å². The van der Waals surface area contributed by atoms with Crippen LogP contribution in [0.25, 0.3) is 0 Å². The Morgan fingerprint density at radius 1 is 0.287 bits per heavy atom. The average molecular weight is 1230 g/mol. The zero-order valence-corrected chi connectivity index (χ0v) is 58.9. The standard InChI is InChI=1S/C41H81NO4.C37H71NO3/c1-4-7-9-11-13-15-17-19-20-21-22-23-24-26-28-30-32-34-36-39(44)41(46)42-37(6-3)40(45)38(43)35-33-31-29-27-25-18-16-14-12-10-8-5-2;1-4-7-9-11-13-15-17-19-21-23-25-27-29-31-33-36(40)37(41)38-34(6-3)35(39)32-30-28-26-24-22-20-18-16-14-12-10-8-5-2/h27,29,37-40,43-45H,4-26,28,30-36H2,1-3H3,(H,42,46);22,24,30,32,34-36,39-40H,4-21,23,25-29,31,33H2,1-3H3,(H,38,41)/b29-27+;24-22+,32-30+/t37-,38+,39?,40-;34-,35+,36?/m00/s1. The maximum Gasteiger partial charge on any atom is 0.249 e. The summed E-state index contributed by atoms with van der Waals surface area (Å²) in [6.07, 6.45) is 76.9. The van der Waals surface area contributed by atoms with Gasteiger partial charge in [-0.2, -0.15) is 0 Å². The Hall–Kier alpha value is -2.04. The lowest BCUT2D eigenvalue weighted by molar-refractivity contribution is -0.132. The third-order valence-electron chi connectivity index (χ3n) is 18.0. The molecule has 0 aliphatic rings. The first kappa shape index (κ1) is 87.0. The summed E-state index contributed by atoms with van der Waals surface area (Å²) < 4.78 is 0. The number of allylic oxidation sites excluding steroid dienone is 5. The third-order valence-corrected chi connectivity index (χ3v) is 18.0. The number of carbonyl (C=O) groups is 2. The first-order valence-electron chi connectivity index (χ1n) is 38.5. The molecule has 2 amide bonds. The van der Waals surface area contributed by atoms with E-state index in [2.05, 4.69) is 62.6 Å². The number of nitrogens with one attached hydrogen (secondary N) is 2. The van der Waals surface area contributed by atoms with Crippen molar-refractivity contribution in [3.8, 4) is 0 Å². The summed E-state index contributed by atoms with van der Waals surface area (Å²) in [6.45, 7) is 12.9. The predicted octanol–water partition coefficient (Wildman–Crippen LogP) is 21.8. The van der Waals surface area contributed by atoms with Gasteiger partial charge >= 0.3 is 0 Å². The highest BCUT2D eigenvalue weighted by molar-refractivity contribution is 5.81. The van der Waals surface area contributed by atoms with Crippen molar-refractivity contribution in [2.24, 2.45) is 0 Å². The van der Waals surface area contributed by atoms with Gasteiger partial charge in [-0.25, -0.2) is 0 Å². The first-order valence-corrected chi connectivity index (χ1v) is 38.5. The average Bonchev–Trinajstić information content (AvgIpc) is 3.69. The van der Waals surface area contributed by atoms with Gasteiger partial charge in [-0.1, -0.05) is 361 Å². The highest BCUT2D eigenvalue weighted by Gasteiger charge is 2.28. The maximum atomic E-state index is 12.6. The first-order chi connectivity index (χ1) is 42.5. The van der Waals surface area contributed by atoms with Crippen LogP contribution in [0.15, 0.2) is 36.5 Å².